The first-order chi connectivity index (χ1) is 4.95. The van der Waals surface area contributed by atoms with Gasteiger partial charge in [-0.2, -0.15) is 4.89 Å². The lowest BCUT2D eigenvalue weighted by Gasteiger charge is -2.16. The standard InChI is InChI=1S/C7H15NO3/c1-5-8-6(9)10-11-7(2,3)4/h5H2,1-4H3,(H,8,9). The maximum Gasteiger partial charge on any atom is 0.438 e. The second kappa shape index (κ2) is 4.18. The fourth-order valence-corrected chi connectivity index (χ4v) is 0.337. The molecular formula is C7H15NO3. The van der Waals surface area contributed by atoms with Gasteiger partial charge in [-0.1, -0.05) is 0 Å². The van der Waals surface area contributed by atoms with E-state index in [0.29, 0.717) is 6.54 Å². The number of nitrogens with one attached hydrogen (secondary N) is 1. The van der Waals surface area contributed by atoms with Gasteiger partial charge in [0.2, 0.25) is 0 Å². The van der Waals surface area contributed by atoms with E-state index in [2.05, 4.69) is 10.2 Å². The summed E-state index contributed by atoms with van der Waals surface area (Å²) in [4.78, 5) is 19.8. The van der Waals surface area contributed by atoms with Crippen LogP contribution in [0.25, 0.3) is 0 Å². The normalized spacial score (nSPS) is 10.9. The molecule has 0 aromatic heterocycles. The van der Waals surface area contributed by atoms with Gasteiger partial charge in [-0.25, -0.2) is 4.79 Å². The lowest BCUT2D eigenvalue weighted by Crippen LogP contribution is -2.28. The van der Waals surface area contributed by atoms with Crippen molar-refractivity contribution in [1.82, 2.24) is 5.32 Å². The minimum Gasteiger partial charge on any atom is -0.319 e. The van der Waals surface area contributed by atoms with Crippen molar-refractivity contribution in [3.63, 3.8) is 0 Å². The largest absolute Gasteiger partial charge is 0.438 e. The average Bonchev–Trinajstić information content (AvgIpc) is 1.83. The Kier molecular flexibility index (Phi) is 3.89. The van der Waals surface area contributed by atoms with Crippen LogP contribution in [0, 0.1) is 0 Å². The molecule has 0 aliphatic rings. The zero-order chi connectivity index (χ0) is 8.91. The molecule has 1 amide bonds. The Bertz CT molecular complexity index is 128. The molecule has 0 aliphatic heterocycles. The molecule has 0 atom stereocenters. The van der Waals surface area contributed by atoms with Crippen molar-refractivity contribution in [3.8, 4) is 0 Å². The molecule has 0 aromatic rings. The van der Waals surface area contributed by atoms with E-state index in [4.69, 9.17) is 4.89 Å². The van der Waals surface area contributed by atoms with E-state index in [1.807, 2.05) is 0 Å². The highest BCUT2D eigenvalue weighted by atomic mass is 17.2. The number of carbonyl (C=O) groups is 1. The summed E-state index contributed by atoms with van der Waals surface area (Å²) in [5.41, 5.74) is -0.453. The molecule has 0 rings (SSSR count). The second-order valence-corrected chi connectivity index (χ2v) is 3.10. The summed E-state index contributed by atoms with van der Waals surface area (Å²) in [6.07, 6.45) is -0.553. The summed E-state index contributed by atoms with van der Waals surface area (Å²) in [5.74, 6) is 0. The van der Waals surface area contributed by atoms with Crippen molar-refractivity contribution in [2.45, 2.75) is 33.3 Å². The van der Waals surface area contributed by atoms with Gasteiger partial charge >= 0.3 is 6.09 Å². The topological polar surface area (TPSA) is 47.6 Å². The Morgan fingerprint density at radius 2 is 2.00 bits per heavy atom. The van der Waals surface area contributed by atoms with Crippen LogP contribution < -0.4 is 5.32 Å². The maximum absolute atomic E-state index is 10.6. The SMILES string of the molecule is CCNC(=O)OOC(C)(C)C. The first kappa shape index (κ1) is 10.2. The number of carbonyl (C=O) groups excluding carboxylic acids is 1. The molecule has 0 aliphatic carbocycles. The third-order valence-electron chi connectivity index (χ3n) is 0.688. The summed E-state index contributed by atoms with van der Waals surface area (Å²) in [6, 6.07) is 0. The lowest BCUT2D eigenvalue weighted by molar-refractivity contribution is -0.300. The molecule has 11 heavy (non-hydrogen) atoms. The first-order valence-electron chi connectivity index (χ1n) is 3.59. The summed E-state index contributed by atoms with van der Waals surface area (Å²) in [5, 5.41) is 2.43. The Balaban J connectivity index is 3.46. The molecule has 4 heteroatoms. The predicted octanol–water partition coefficient (Wildman–Crippen LogP) is 1.46. The molecular weight excluding hydrogens is 146 g/mol. The molecule has 0 bridgehead atoms. The van der Waals surface area contributed by atoms with Crippen molar-refractivity contribution in [2.75, 3.05) is 6.54 Å². The fraction of sp³-hybridized carbons (Fsp3) is 0.857. The Morgan fingerprint density at radius 3 is 2.36 bits per heavy atom. The number of amides is 1. The van der Waals surface area contributed by atoms with Crippen LogP contribution in [0.1, 0.15) is 27.7 Å². The van der Waals surface area contributed by atoms with E-state index < -0.39 is 11.7 Å². The van der Waals surface area contributed by atoms with E-state index in [1.54, 1.807) is 27.7 Å². The summed E-state index contributed by atoms with van der Waals surface area (Å²) in [7, 11) is 0. The van der Waals surface area contributed by atoms with Gasteiger partial charge in [-0.05, 0) is 27.7 Å². The fourth-order valence-electron chi connectivity index (χ4n) is 0.337. The van der Waals surface area contributed by atoms with E-state index >= 15 is 0 Å². The van der Waals surface area contributed by atoms with Crippen LogP contribution in [0.2, 0.25) is 0 Å². The first-order valence-corrected chi connectivity index (χ1v) is 3.59. The third-order valence-corrected chi connectivity index (χ3v) is 0.688. The molecule has 0 saturated heterocycles. The van der Waals surface area contributed by atoms with Crippen LogP contribution >= 0.6 is 0 Å². The molecule has 4 nitrogen and oxygen atoms in total. The zero-order valence-corrected chi connectivity index (χ0v) is 7.43. The molecule has 0 spiro atoms. The van der Waals surface area contributed by atoms with E-state index in [9.17, 15) is 4.79 Å². The molecule has 0 aromatic carbocycles. The van der Waals surface area contributed by atoms with Crippen LogP contribution in [0.5, 0.6) is 0 Å². The highest BCUT2D eigenvalue weighted by Gasteiger charge is 2.14. The minimum atomic E-state index is -0.553. The Morgan fingerprint density at radius 1 is 1.45 bits per heavy atom. The van der Waals surface area contributed by atoms with Crippen LogP contribution in [0.3, 0.4) is 0 Å². The lowest BCUT2D eigenvalue weighted by atomic mass is 10.2. The van der Waals surface area contributed by atoms with Crippen molar-refractivity contribution >= 4 is 6.09 Å². The molecule has 0 fully saturated rings. The van der Waals surface area contributed by atoms with Gasteiger partial charge in [0.15, 0.2) is 0 Å². The molecule has 1 N–H and O–H groups in total. The number of rotatable bonds is 2. The maximum atomic E-state index is 10.6. The Labute approximate surface area is 66.8 Å². The molecule has 0 heterocycles. The molecule has 0 saturated carbocycles. The minimum absolute atomic E-state index is 0.453. The van der Waals surface area contributed by atoms with Gasteiger partial charge < -0.3 is 5.32 Å². The summed E-state index contributed by atoms with van der Waals surface area (Å²) in [6.45, 7) is 7.73. The summed E-state index contributed by atoms with van der Waals surface area (Å²) < 4.78 is 0. The number of hydrogen-bond donors (Lipinski definition) is 1. The summed E-state index contributed by atoms with van der Waals surface area (Å²) >= 11 is 0. The Hall–Kier alpha value is -0.770. The van der Waals surface area contributed by atoms with E-state index in [1.165, 1.54) is 0 Å². The number of hydrogen-bond acceptors (Lipinski definition) is 3. The zero-order valence-electron chi connectivity index (χ0n) is 7.43. The van der Waals surface area contributed by atoms with Gasteiger partial charge in [-0.15, -0.1) is 0 Å². The highest BCUT2D eigenvalue weighted by molar-refractivity contribution is 5.66. The van der Waals surface area contributed by atoms with Crippen molar-refractivity contribution in [1.29, 1.82) is 0 Å². The average molecular weight is 161 g/mol. The van der Waals surface area contributed by atoms with Gasteiger partial charge in [0.25, 0.3) is 0 Å². The van der Waals surface area contributed by atoms with Gasteiger partial charge in [0, 0.05) is 6.54 Å². The monoisotopic (exact) mass is 161 g/mol. The third kappa shape index (κ3) is 7.12. The van der Waals surface area contributed by atoms with Gasteiger partial charge in [-0.3, -0.25) is 4.89 Å². The second-order valence-electron chi connectivity index (χ2n) is 3.10. The quantitative estimate of drug-likeness (QED) is 0.492. The smallest absolute Gasteiger partial charge is 0.319 e. The van der Waals surface area contributed by atoms with E-state index in [0.717, 1.165) is 0 Å². The predicted molar refractivity (Wildman–Crippen MR) is 41.0 cm³/mol. The van der Waals surface area contributed by atoms with Crippen LogP contribution in [0.4, 0.5) is 4.79 Å². The molecule has 0 radical (unpaired) electrons. The van der Waals surface area contributed by atoms with Crippen LogP contribution in [-0.2, 0) is 9.78 Å². The van der Waals surface area contributed by atoms with Gasteiger partial charge in [0.05, 0.1) is 0 Å². The van der Waals surface area contributed by atoms with Crippen molar-refractivity contribution in [2.24, 2.45) is 0 Å². The van der Waals surface area contributed by atoms with Crippen LogP contribution in [-0.4, -0.2) is 18.2 Å². The van der Waals surface area contributed by atoms with Crippen LogP contribution in [0.15, 0.2) is 0 Å². The van der Waals surface area contributed by atoms with Crippen molar-refractivity contribution in [3.05, 3.63) is 0 Å². The molecule has 66 valence electrons. The van der Waals surface area contributed by atoms with Gasteiger partial charge in [0.1, 0.15) is 5.60 Å². The van der Waals surface area contributed by atoms with E-state index in [-0.39, 0.29) is 0 Å². The highest BCUT2D eigenvalue weighted by Crippen LogP contribution is 2.06. The molecule has 0 unspecified atom stereocenters. The van der Waals surface area contributed by atoms with Crippen molar-refractivity contribution < 1.29 is 14.6 Å².